The number of carbonyl (C=O) groups is 2. The van der Waals surface area contributed by atoms with Gasteiger partial charge in [-0.2, -0.15) is 0 Å². The summed E-state index contributed by atoms with van der Waals surface area (Å²) in [6.45, 7) is 0.233. The molecule has 0 spiro atoms. The zero-order valence-corrected chi connectivity index (χ0v) is 20.0. The first-order valence-electron chi connectivity index (χ1n) is 10.6. The van der Waals surface area contributed by atoms with E-state index in [-0.39, 0.29) is 62.9 Å². The van der Waals surface area contributed by atoms with Gasteiger partial charge in [0.15, 0.2) is 15.0 Å². The number of nitrogens with zero attached hydrogens (tertiary/aromatic N) is 3. The van der Waals surface area contributed by atoms with E-state index in [9.17, 15) is 27.9 Å². The lowest BCUT2D eigenvalue weighted by atomic mass is 10.1. The van der Waals surface area contributed by atoms with E-state index >= 15 is 0 Å². The molecule has 1 N–H and O–H groups in total. The average Bonchev–Trinajstić information content (AvgIpc) is 3.18. The molecule has 1 aliphatic rings. The minimum absolute atomic E-state index is 0.00871. The number of aromatic nitrogens is 2. The fourth-order valence-electron chi connectivity index (χ4n) is 3.86. The Morgan fingerprint density at radius 2 is 1.94 bits per heavy atom. The maximum atomic E-state index is 13.3. The zero-order valence-electron chi connectivity index (χ0n) is 18.4. The monoisotopic (exact) mass is 501 g/mol. The van der Waals surface area contributed by atoms with E-state index in [0.29, 0.717) is 6.42 Å². The summed E-state index contributed by atoms with van der Waals surface area (Å²) in [7, 11) is -1.55. The normalized spacial score (nSPS) is 17.0. The van der Waals surface area contributed by atoms with Crippen LogP contribution in [0.4, 0.5) is 0 Å². The molecule has 4 rings (SSSR count). The van der Waals surface area contributed by atoms with Crippen LogP contribution in [0.25, 0.3) is 10.9 Å². The number of rotatable bonds is 7. The van der Waals surface area contributed by atoms with Crippen molar-refractivity contribution in [3.05, 3.63) is 70.0 Å². The molecule has 178 valence electrons. The molecule has 34 heavy (non-hydrogen) atoms. The van der Waals surface area contributed by atoms with Crippen molar-refractivity contribution in [3.63, 3.8) is 0 Å². The number of hydrogen-bond acceptors (Lipinski definition) is 7. The molecule has 9 nitrogen and oxygen atoms in total. The Bertz CT molecular complexity index is 1420. The van der Waals surface area contributed by atoms with Crippen molar-refractivity contribution in [2.45, 2.75) is 24.2 Å². The third-order valence-electron chi connectivity index (χ3n) is 5.83. The molecule has 1 atom stereocenters. The molecular formula is C23H23N3O6S2. The number of benzene rings is 2. The molecular weight excluding hydrogens is 478 g/mol. The van der Waals surface area contributed by atoms with E-state index in [1.54, 1.807) is 7.05 Å². The lowest BCUT2D eigenvalue weighted by molar-refractivity contribution is -0.128. The van der Waals surface area contributed by atoms with Gasteiger partial charge in [0, 0.05) is 13.1 Å². The summed E-state index contributed by atoms with van der Waals surface area (Å²) in [5.41, 5.74) is 0.777. The topological polar surface area (TPSA) is 127 Å². The number of hydrogen-bond donors (Lipinski definition) is 1. The second-order valence-corrected chi connectivity index (χ2v) is 11.3. The third kappa shape index (κ3) is 5.15. The zero-order chi connectivity index (χ0) is 24.5. The highest BCUT2D eigenvalue weighted by molar-refractivity contribution is 7.99. The van der Waals surface area contributed by atoms with Crippen molar-refractivity contribution in [2.24, 2.45) is 0 Å². The van der Waals surface area contributed by atoms with E-state index in [4.69, 9.17) is 0 Å². The van der Waals surface area contributed by atoms with Gasteiger partial charge in [0.25, 0.3) is 5.56 Å². The highest BCUT2D eigenvalue weighted by Crippen LogP contribution is 2.22. The van der Waals surface area contributed by atoms with Crippen molar-refractivity contribution < 1.29 is 23.1 Å². The van der Waals surface area contributed by atoms with Crippen LogP contribution in [0, 0.1) is 0 Å². The molecule has 1 amide bonds. The molecule has 3 aromatic rings. The Morgan fingerprint density at radius 3 is 2.59 bits per heavy atom. The summed E-state index contributed by atoms with van der Waals surface area (Å²) < 4.78 is 25.0. The minimum Gasteiger partial charge on any atom is -0.478 e. The summed E-state index contributed by atoms with van der Waals surface area (Å²) in [6.07, 6.45) is 0.403. The summed E-state index contributed by atoms with van der Waals surface area (Å²) in [5.74, 6) is -1.43. The van der Waals surface area contributed by atoms with Crippen molar-refractivity contribution in [3.8, 4) is 0 Å². The molecule has 0 aliphatic carbocycles. The van der Waals surface area contributed by atoms with Gasteiger partial charge in [0.2, 0.25) is 5.91 Å². The van der Waals surface area contributed by atoms with Crippen LogP contribution in [0.2, 0.25) is 0 Å². The van der Waals surface area contributed by atoms with Crippen molar-refractivity contribution in [1.29, 1.82) is 0 Å². The number of carbonyl (C=O) groups excluding carboxylic acids is 1. The lowest BCUT2D eigenvalue weighted by Crippen LogP contribution is -2.39. The summed E-state index contributed by atoms with van der Waals surface area (Å²) in [5, 5.41) is 9.87. The molecule has 1 aromatic heterocycles. The maximum Gasteiger partial charge on any atom is 0.335 e. The van der Waals surface area contributed by atoms with Crippen molar-refractivity contribution in [2.75, 3.05) is 24.3 Å². The quantitative estimate of drug-likeness (QED) is 0.384. The molecule has 0 radical (unpaired) electrons. The van der Waals surface area contributed by atoms with Crippen LogP contribution in [0.15, 0.2) is 58.5 Å². The maximum absolute atomic E-state index is 13.3. The Balaban J connectivity index is 1.66. The predicted molar refractivity (Wildman–Crippen MR) is 129 cm³/mol. The highest BCUT2D eigenvalue weighted by atomic mass is 32.2. The summed E-state index contributed by atoms with van der Waals surface area (Å²) in [6, 6.07) is 13.1. The number of amides is 1. The molecule has 1 aliphatic heterocycles. The van der Waals surface area contributed by atoms with Crippen LogP contribution in [0.1, 0.15) is 22.3 Å². The largest absolute Gasteiger partial charge is 0.478 e. The first-order valence-corrected chi connectivity index (χ1v) is 13.4. The van der Waals surface area contributed by atoms with Crippen molar-refractivity contribution >= 4 is 44.4 Å². The number of carboxylic acid groups (broad SMARTS) is 1. The van der Waals surface area contributed by atoms with Gasteiger partial charge < -0.3 is 10.0 Å². The van der Waals surface area contributed by atoms with Gasteiger partial charge >= 0.3 is 5.97 Å². The minimum atomic E-state index is -3.13. The van der Waals surface area contributed by atoms with E-state index in [0.717, 1.165) is 17.3 Å². The molecule has 0 unspecified atom stereocenters. The van der Waals surface area contributed by atoms with Gasteiger partial charge in [-0.15, -0.1) is 0 Å². The van der Waals surface area contributed by atoms with Crippen LogP contribution in [0.5, 0.6) is 0 Å². The van der Waals surface area contributed by atoms with Crippen LogP contribution in [-0.2, 0) is 21.2 Å². The standard InChI is InChI=1S/C23H23N3O6S2/c1-25(17-9-10-34(31,32)14-17)20(27)13-33-23-24-19-11-16(22(29)30)7-8-18(19)21(28)26(23)12-15-5-3-2-4-6-15/h2-8,11,17H,9-10,12-14H2,1H3,(H,29,30)/t17-/m1/s1. The molecule has 2 aromatic carbocycles. The number of fused-ring (bicyclic) bond motifs is 1. The van der Waals surface area contributed by atoms with E-state index < -0.39 is 15.8 Å². The van der Waals surface area contributed by atoms with Crippen LogP contribution in [-0.4, -0.2) is 70.2 Å². The molecule has 2 heterocycles. The molecule has 1 fully saturated rings. The lowest BCUT2D eigenvalue weighted by Gasteiger charge is -2.23. The third-order valence-corrected chi connectivity index (χ3v) is 8.54. The van der Waals surface area contributed by atoms with E-state index in [1.807, 2.05) is 30.3 Å². The first-order chi connectivity index (χ1) is 16.1. The van der Waals surface area contributed by atoms with E-state index in [2.05, 4.69) is 4.98 Å². The Morgan fingerprint density at radius 1 is 1.21 bits per heavy atom. The van der Waals surface area contributed by atoms with Crippen LogP contribution >= 0.6 is 11.8 Å². The van der Waals surface area contributed by atoms with Gasteiger partial charge in [-0.3, -0.25) is 14.2 Å². The Labute approximate surface area is 200 Å². The predicted octanol–water partition coefficient (Wildman–Crippen LogP) is 1.88. The number of aromatic carboxylic acids is 1. The van der Waals surface area contributed by atoms with Crippen LogP contribution in [0.3, 0.4) is 0 Å². The Kier molecular flexibility index (Phi) is 6.76. The number of carboxylic acids is 1. The summed E-state index contributed by atoms with van der Waals surface area (Å²) in [4.78, 5) is 43.4. The molecule has 11 heteroatoms. The van der Waals surface area contributed by atoms with Gasteiger partial charge in [0.1, 0.15) is 0 Å². The second kappa shape index (κ2) is 9.59. The first kappa shape index (κ1) is 24.0. The fraction of sp³-hybridized carbons (Fsp3) is 0.304. The average molecular weight is 502 g/mol. The Hall–Kier alpha value is -3.18. The van der Waals surface area contributed by atoms with Gasteiger partial charge in [-0.05, 0) is 30.2 Å². The SMILES string of the molecule is CN(C(=O)CSc1nc2cc(C(=O)O)ccc2c(=O)n1Cc1ccccc1)[C@@H]1CCS(=O)(=O)C1. The number of thioether (sulfide) groups is 1. The molecule has 0 bridgehead atoms. The van der Waals surface area contributed by atoms with Crippen LogP contribution < -0.4 is 5.56 Å². The highest BCUT2D eigenvalue weighted by Gasteiger charge is 2.32. The van der Waals surface area contributed by atoms with E-state index in [1.165, 1.54) is 27.7 Å². The number of sulfone groups is 1. The fourth-order valence-corrected chi connectivity index (χ4v) is 6.56. The van der Waals surface area contributed by atoms with Gasteiger partial charge in [-0.25, -0.2) is 18.2 Å². The molecule has 1 saturated heterocycles. The smallest absolute Gasteiger partial charge is 0.335 e. The van der Waals surface area contributed by atoms with Gasteiger partial charge in [0.05, 0.1) is 40.3 Å². The van der Waals surface area contributed by atoms with Crippen molar-refractivity contribution in [1.82, 2.24) is 14.5 Å². The summed E-state index contributed by atoms with van der Waals surface area (Å²) >= 11 is 1.07. The molecule has 0 saturated carbocycles. The second-order valence-electron chi connectivity index (χ2n) is 8.16. The van der Waals surface area contributed by atoms with Gasteiger partial charge in [-0.1, -0.05) is 42.1 Å².